The summed E-state index contributed by atoms with van der Waals surface area (Å²) in [7, 11) is 0. The van der Waals surface area contributed by atoms with E-state index in [2.05, 4.69) is 0 Å². The van der Waals surface area contributed by atoms with Gasteiger partial charge >= 0.3 is 5.97 Å². The smallest absolute Gasteiger partial charge is 0.325 e. The highest BCUT2D eigenvalue weighted by molar-refractivity contribution is 6.30. The van der Waals surface area contributed by atoms with Crippen LogP contribution in [0.2, 0.25) is 0 Å². The summed E-state index contributed by atoms with van der Waals surface area (Å²) >= 11 is 5.52. The molecular weight excluding hydrogens is 166 g/mol. The van der Waals surface area contributed by atoms with E-state index in [1.54, 1.807) is 20.8 Å². The molecule has 0 aliphatic heterocycles. The summed E-state index contributed by atoms with van der Waals surface area (Å²) in [6, 6.07) is 0. The standard InChI is InChI=1S/C7H14ClNO2/c1-7(2,3)11-6(10)5(8)4-9/h5H,4,9H2,1-3H3. The molecule has 0 aromatic rings. The van der Waals surface area contributed by atoms with Crippen molar-refractivity contribution < 1.29 is 9.53 Å². The zero-order valence-electron chi connectivity index (χ0n) is 7.06. The van der Waals surface area contributed by atoms with Crippen LogP contribution in [-0.4, -0.2) is 23.5 Å². The highest BCUT2D eigenvalue weighted by Gasteiger charge is 2.21. The van der Waals surface area contributed by atoms with Gasteiger partial charge in [0.15, 0.2) is 0 Å². The Morgan fingerprint density at radius 2 is 2.09 bits per heavy atom. The monoisotopic (exact) mass is 179 g/mol. The van der Waals surface area contributed by atoms with Gasteiger partial charge in [0, 0.05) is 6.54 Å². The lowest BCUT2D eigenvalue weighted by Gasteiger charge is -2.20. The molecule has 0 rings (SSSR count). The highest BCUT2D eigenvalue weighted by atomic mass is 35.5. The number of alkyl halides is 1. The van der Waals surface area contributed by atoms with Crippen molar-refractivity contribution in [1.82, 2.24) is 0 Å². The Bertz CT molecular complexity index is 142. The second-order valence-corrected chi connectivity index (χ2v) is 3.76. The Balaban J connectivity index is 3.88. The number of nitrogens with two attached hydrogens (primary N) is 1. The Morgan fingerprint density at radius 1 is 1.64 bits per heavy atom. The SMILES string of the molecule is CC(C)(C)OC(=O)C(Cl)CN. The van der Waals surface area contributed by atoms with Crippen LogP contribution in [0.5, 0.6) is 0 Å². The topological polar surface area (TPSA) is 52.3 Å². The molecule has 2 N–H and O–H groups in total. The van der Waals surface area contributed by atoms with Gasteiger partial charge in [0.2, 0.25) is 0 Å². The van der Waals surface area contributed by atoms with Crippen LogP contribution in [0.3, 0.4) is 0 Å². The van der Waals surface area contributed by atoms with Gasteiger partial charge in [0.1, 0.15) is 11.0 Å². The molecule has 0 aromatic heterocycles. The van der Waals surface area contributed by atoms with Crippen molar-refractivity contribution >= 4 is 17.6 Å². The van der Waals surface area contributed by atoms with Crippen molar-refractivity contribution in [3.8, 4) is 0 Å². The Kier molecular flexibility index (Phi) is 3.83. The van der Waals surface area contributed by atoms with Crippen molar-refractivity contribution in [2.75, 3.05) is 6.54 Å². The maximum Gasteiger partial charge on any atom is 0.325 e. The molecule has 0 radical (unpaired) electrons. The molecule has 0 saturated heterocycles. The van der Waals surface area contributed by atoms with E-state index in [1.165, 1.54) is 0 Å². The Morgan fingerprint density at radius 3 is 2.36 bits per heavy atom. The second kappa shape index (κ2) is 3.93. The molecule has 4 heteroatoms. The van der Waals surface area contributed by atoms with E-state index < -0.39 is 16.9 Å². The van der Waals surface area contributed by atoms with E-state index in [0.717, 1.165) is 0 Å². The zero-order valence-corrected chi connectivity index (χ0v) is 7.81. The first-order valence-electron chi connectivity index (χ1n) is 3.44. The number of carbonyl (C=O) groups is 1. The summed E-state index contributed by atoms with van der Waals surface area (Å²) in [6.07, 6.45) is 0. The Labute approximate surface area is 71.8 Å². The molecule has 0 fully saturated rings. The molecule has 1 unspecified atom stereocenters. The molecule has 0 aliphatic rings. The lowest BCUT2D eigenvalue weighted by Crippen LogP contribution is -2.32. The van der Waals surface area contributed by atoms with E-state index in [-0.39, 0.29) is 6.54 Å². The first kappa shape index (κ1) is 10.7. The largest absolute Gasteiger partial charge is 0.459 e. The number of hydrogen-bond acceptors (Lipinski definition) is 3. The van der Waals surface area contributed by atoms with Crippen LogP contribution in [0.15, 0.2) is 0 Å². The average molecular weight is 180 g/mol. The predicted molar refractivity (Wildman–Crippen MR) is 44.5 cm³/mol. The number of halogens is 1. The van der Waals surface area contributed by atoms with Crippen LogP contribution in [-0.2, 0) is 9.53 Å². The lowest BCUT2D eigenvalue weighted by atomic mass is 10.2. The lowest BCUT2D eigenvalue weighted by molar-refractivity contribution is -0.154. The van der Waals surface area contributed by atoms with Gasteiger partial charge < -0.3 is 10.5 Å². The number of rotatable bonds is 2. The minimum Gasteiger partial charge on any atom is -0.459 e. The van der Waals surface area contributed by atoms with Crippen molar-refractivity contribution in [3.05, 3.63) is 0 Å². The predicted octanol–water partition coefficient (Wildman–Crippen LogP) is 0.894. The van der Waals surface area contributed by atoms with E-state index >= 15 is 0 Å². The van der Waals surface area contributed by atoms with Crippen LogP contribution >= 0.6 is 11.6 Å². The minimum absolute atomic E-state index is 0.108. The third kappa shape index (κ3) is 5.04. The molecule has 0 amide bonds. The maximum absolute atomic E-state index is 11.0. The molecule has 0 spiro atoms. The fraction of sp³-hybridized carbons (Fsp3) is 0.857. The molecule has 3 nitrogen and oxygen atoms in total. The molecule has 1 atom stereocenters. The normalized spacial score (nSPS) is 14.3. The van der Waals surface area contributed by atoms with Gasteiger partial charge in [-0.25, -0.2) is 0 Å². The third-order valence-electron chi connectivity index (χ3n) is 0.869. The fourth-order valence-corrected chi connectivity index (χ4v) is 0.506. The number of carbonyl (C=O) groups excluding carboxylic acids is 1. The Hall–Kier alpha value is -0.280. The van der Waals surface area contributed by atoms with Gasteiger partial charge in [-0.15, -0.1) is 11.6 Å². The van der Waals surface area contributed by atoms with Gasteiger partial charge in [0.25, 0.3) is 0 Å². The molecule has 0 aromatic carbocycles. The summed E-state index contributed by atoms with van der Waals surface area (Å²) in [4.78, 5) is 11.0. The maximum atomic E-state index is 11.0. The molecular formula is C7H14ClNO2. The fourth-order valence-electron chi connectivity index (χ4n) is 0.462. The van der Waals surface area contributed by atoms with Crippen molar-refractivity contribution in [3.63, 3.8) is 0 Å². The third-order valence-corrected chi connectivity index (χ3v) is 1.23. The van der Waals surface area contributed by atoms with Gasteiger partial charge in [-0.1, -0.05) is 0 Å². The average Bonchev–Trinajstić information content (AvgIpc) is 1.82. The first-order chi connectivity index (χ1) is 4.87. The summed E-state index contributed by atoms with van der Waals surface area (Å²) in [5.74, 6) is -0.457. The molecule has 11 heavy (non-hydrogen) atoms. The highest BCUT2D eigenvalue weighted by Crippen LogP contribution is 2.09. The van der Waals surface area contributed by atoms with Crippen molar-refractivity contribution in [2.24, 2.45) is 5.73 Å². The molecule has 0 saturated carbocycles. The van der Waals surface area contributed by atoms with Gasteiger partial charge in [-0.2, -0.15) is 0 Å². The summed E-state index contributed by atoms with van der Waals surface area (Å²) < 4.78 is 4.94. The van der Waals surface area contributed by atoms with E-state index in [0.29, 0.717) is 0 Å². The first-order valence-corrected chi connectivity index (χ1v) is 3.87. The zero-order chi connectivity index (χ0) is 9.07. The number of esters is 1. The van der Waals surface area contributed by atoms with Crippen LogP contribution in [0.1, 0.15) is 20.8 Å². The quantitative estimate of drug-likeness (QED) is 0.506. The minimum atomic E-state index is -0.728. The molecule has 0 heterocycles. The summed E-state index contributed by atoms with van der Waals surface area (Å²) in [5, 5.41) is -0.728. The van der Waals surface area contributed by atoms with Gasteiger partial charge in [0.05, 0.1) is 0 Å². The number of hydrogen-bond donors (Lipinski definition) is 1. The summed E-state index contributed by atoms with van der Waals surface area (Å²) in [6.45, 7) is 5.46. The van der Waals surface area contributed by atoms with Crippen LogP contribution in [0.25, 0.3) is 0 Å². The van der Waals surface area contributed by atoms with Crippen molar-refractivity contribution in [1.29, 1.82) is 0 Å². The van der Waals surface area contributed by atoms with Crippen molar-refractivity contribution in [2.45, 2.75) is 31.7 Å². The number of ether oxygens (including phenoxy) is 1. The van der Waals surface area contributed by atoms with Crippen LogP contribution in [0.4, 0.5) is 0 Å². The molecule has 66 valence electrons. The van der Waals surface area contributed by atoms with E-state index in [1.807, 2.05) is 0 Å². The molecule has 0 aliphatic carbocycles. The summed E-state index contributed by atoms with van der Waals surface area (Å²) in [5.41, 5.74) is 4.67. The van der Waals surface area contributed by atoms with Gasteiger partial charge in [-0.05, 0) is 20.8 Å². The van der Waals surface area contributed by atoms with Crippen LogP contribution < -0.4 is 5.73 Å². The van der Waals surface area contributed by atoms with Crippen LogP contribution in [0, 0.1) is 0 Å². The van der Waals surface area contributed by atoms with Gasteiger partial charge in [-0.3, -0.25) is 4.79 Å². The molecule has 0 bridgehead atoms. The second-order valence-electron chi connectivity index (χ2n) is 3.24. The van der Waals surface area contributed by atoms with E-state index in [4.69, 9.17) is 22.1 Å². The van der Waals surface area contributed by atoms with E-state index in [9.17, 15) is 4.79 Å².